The molecule has 10 heteroatoms. The number of imidazole rings is 1. The standard InChI is InChI=1S/C17H29N5O4S/c1-4-10(2)14(17(25)26)22-16(24)13(5-6-27-3)21-15(23)12(18)7-11-8-19-9-20-11/h8-10,12-14H,4-7,18H2,1-3H3,(H,19,20)(H,21,23)(H,22,24)(H,25,26). The molecule has 0 aliphatic carbocycles. The molecule has 0 fully saturated rings. The molecule has 0 aromatic carbocycles. The van der Waals surface area contributed by atoms with Gasteiger partial charge < -0.3 is 26.5 Å². The van der Waals surface area contributed by atoms with Crippen molar-refractivity contribution >= 4 is 29.5 Å². The van der Waals surface area contributed by atoms with Crippen LogP contribution in [0.3, 0.4) is 0 Å². The minimum absolute atomic E-state index is 0.231. The second kappa shape index (κ2) is 11.6. The number of aromatic amines is 1. The zero-order valence-corrected chi connectivity index (χ0v) is 16.7. The van der Waals surface area contributed by atoms with Gasteiger partial charge in [0.1, 0.15) is 12.1 Å². The molecular formula is C17H29N5O4S. The quantitative estimate of drug-likeness (QED) is 0.335. The van der Waals surface area contributed by atoms with E-state index >= 15 is 0 Å². The van der Waals surface area contributed by atoms with Gasteiger partial charge in [-0.1, -0.05) is 20.3 Å². The van der Waals surface area contributed by atoms with Crippen LogP contribution in [0.4, 0.5) is 0 Å². The van der Waals surface area contributed by atoms with Gasteiger partial charge in [-0.05, 0) is 24.3 Å². The maximum atomic E-state index is 12.6. The molecule has 6 N–H and O–H groups in total. The Morgan fingerprint density at radius 1 is 1.33 bits per heavy atom. The van der Waals surface area contributed by atoms with Crippen molar-refractivity contribution in [3.8, 4) is 0 Å². The molecule has 4 unspecified atom stereocenters. The van der Waals surface area contributed by atoms with Gasteiger partial charge >= 0.3 is 5.97 Å². The third kappa shape index (κ3) is 7.59. The molecule has 0 spiro atoms. The Kier molecular flexibility index (Phi) is 9.87. The number of carbonyl (C=O) groups is 3. The van der Waals surface area contributed by atoms with Crippen LogP contribution in [0.5, 0.6) is 0 Å². The average Bonchev–Trinajstić information content (AvgIpc) is 3.14. The smallest absolute Gasteiger partial charge is 0.326 e. The van der Waals surface area contributed by atoms with Crippen LogP contribution in [-0.2, 0) is 20.8 Å². The van der Waals surface area contributed by atoms with Crippen LogP contribution in [0.2, 0.25) is 0 Å². The molecule has 27 heavy (non-hydrogen) atoms. The number of amides is 2. The molecule has 2 amide bonds. The topological polar surface area (TPSA) is 150 Å². The van der Waals surface area contributed by atoms with Crippen LogP contribution in [0, 0.1) is 5.92 Å². The molecule has 4 atom stereocenters. The normalized spacial score (nSPS) is 15.4. The maximum Gasteiger partial charge on any atom is 0.326 e. The molecule has 152 valence electrons. The summed E-state index contributed by atoms with van der Waals surface area (Å²) in [5.74, 6) is -1.68. The van der Waals surface area contributed by atoms with Gasteiger partial charge in [0.25, 0.3) is 0 Å². The van der Waals surface area contributed by atoms with Crippen LogP contribution in [-0.4, -0.2) is 63.0 Å². The van der Waals surface area contributed by atoms with E-state index in [-0.39, 0.29) is 12.3 Å². The predicted molar refractivity (Wildman–Crippen MR) is 104 cm³/mol. The second-order valence-corrected chi connectivity index (χ2v) is 7.43. The number of rotatable bonds is 12. The van der Waals surface area contributed by atoms with E-state index in [1.54, 1.807) is 13.1 Å². The number of carbonyl (C=O) groups excluding carboxylic acids is 2. The molecular weight excluding hydrogens is 370 g/mol. The van der Waals surface area contributed by atoms with E-state index in [4.69, 9.17) is 5.73 Å². The SMILES string of the molecule is CCC(C)C(NC(=O)C(CCSC)NC(=O)C(N)Cc1cnc[nH]1)C(=O)O. The lowest BCUT2D eigenvalue weighted by Crippen LogP contribution is -2.56. The summed E-state index contributed by atoms with van der Waals surface area (Å²) in [6.45, 7) is 3.61. The van der Waals surface area contributed by atoms with Crippen molar-refractivity contribution in [2.24, 2.45) is 11.7 Å². The van der Waals surface area contributed by atoms with Crippen LogP contribution >= 0.6 is 11.8 Å². The summed E-state index contributed by atoms with van der Waals surface area (Å²) < 4.78 is 0. The predicted octanol–water partition coefficient (Wildman–Crippen LogP) is 0.133. The first kappa shape index (κ1) is 23.0. The van der Waals surface area contributed by atoms with Gasteiger partial charge in [0, 0.05) is 18.3 Å². The van der Waals surface area contributed by atoms with Gasteiger partial charge in [0.2, 0.25) is 11.8 Å². The number of H-pyrrole nitrogens is 1. The van der Waals surface area contributed by atoms with Crippen LogP contribution < -0.4 is 16.4 Å². The van der Waals surface area contributed by atoms with Gasteiger partial charge in [-0.25, -0.2) is 9.78 Å². The number of aromatic nitrogens is 2. The number of aliphatic carboxylic acids is 1. The number of hydrogen-bond acceptors (Lipinski definition) is 6. The number of thioether (sulfide) groups is 1. The van der Waals surface area contributed by atoms with Crippen LogP contribution in [0.25, 0.3) is 0 Å². The van der Waals surface area contributed by atoms with Gasteiger partial charge in [-0.15, -0.1) is 0 Å². The van der Waals surface area contributed by atoms with E-state index in [1.807, 2.05) is 13.2 Å². The highest BCUT2D eigenvalue weighted by molar-refractivity contribution is 7.98. The Morgan fingerprint density at radius 2 is 2.04 bits per heavy atom. The number of nitrogens with two attached hydrogens (primary N) is 1. The average molecular weight is 400 g/mol. The third-order valence-electron chi connectivity index (χ3n) is 4.35. The Balaban J connectivity index is 2.76. The minimum atomic E-state index is -1.09. The fraction of sp³-hybridized carbons (Fsp3) is 0.647. The van der Waals surface area contributed by atoms with Crippen LogP contribution in [0.15, 0.2) is 12.5 Å². The minimum Gasteiger partial charge on any atom is -0.480 e. The van der Waals surface area contributed by atoms with Crippen molar-refractivity contribution in [3.05, 3.63) is 18.2 Å². The lowest BCUT2D eigenvalue weighted by Gasteiger charge is -2.25. The number of nitrogens with one attached hydrogen (secondary N) is 3. The zero-order valence-electron chi connectivity index (χ0n) is 15.9. The van der Waals surface area contributed by atoms with Gasteiger partial charge in [-0.2, -0.15) is 11.8 Å². The molecule has 0 saturated heterocycles. The number of carboxylic acids is 1. The van der Waals surface area contributed by atoms with Crippen molar-refractivity contribution in [2.75, 3.05) is 12.0 Å². The molecule has 0 aliphatic heterocycles. The Bertz CT molecular complexity index is 610. The first-order chi connectivity index (χ1) is 12.8. The van der Waals surface area contributed by atoms with E-state index in [1.165, 1.54) is 18.1 Å². The third-order valence-corrected chi connectivity index (χ3v) is 5.00. The van der Waals surface area contributed by atoms with Crippen molar-refractivity contribution in [2.45, 2.75) is 51.2 Å². The summed E-state index contributed by atoms with van der Waals surface area (Å²) in [7, 11) is 0. The highest BCUT2D eigenvalue weighted by atomic mass is 32.2. The van der Waals surface area contributed by atoms with E-state index in [9.17, 15) is 19.5 Å². The molecule has 0 bridgehead atoms. The van der Waals surface area contributed by atoms with Crippen molar-refractivity contribution < 1.29 is 19.5 Å². The summed E-state index contributed by atoms with van der Waals surface area (Å²) >= 11 is 1.53. The van der Waals surface area contributed by atoms with Crippen LogP contribution in [0.1, 0.15) is 32.4 Å². The second-order valence-electron chi connectivity index (χ2n) is 6.44. The molecule has 9 nitrogen and oxygen atoms in total. The maximum absolute atomic E-state index is 12.6. The first-order valence-electron chi connectivity index (χ1n) is 8.85. The van der Waals surface area contributed by atoms with Crippen molar-refractivity contribution in [1.82, 2.24) is 20.6 Å². The summed E-state index contributed by atoms with van der Waals surface area (Å²) in [6, 6.07) is -2.70. The number of hydrogen-bond donors (Lipinski definition) is 5. The lowest BCUT2D eigenvalue weighted by molar-refractivity contribution is -0.143. The van der Waals surface area contributed by atoms with Gasteiger partial charge in [-0.3, -0.25) is 9.59 Å². The summed E-state index contributed by atoms with van der Waals surface area (Å²) in [4.78, 5) is 43.2. The van der Waals surface area contributed by atoms with Crippen molar-refractivity contribution in [3.63, 3.8) is 0 Å². The van der Waals surface area contributed by atoms with E-state index in [2.05, 4.69) is 20.6 Å². The summed E-state index contributed by atoms with van der Waals surface area (Å²) in [5.41, 5.74) is 6.63. The van der Waals surface area contributed by atoms with Crippen molar-refractivity contribution in [1.29, 1.82) is 0 Å². The lowest BCUT2D eigenvalue weighted by atomic mass is 9.98. The highest BCUT2D eigenvalue weighted by Gasteiger charge is 2.30. The molecule has 1 heterocycles. The fourth-order valence-corrected chi connectivity index (χ4v) is 2.92. The summed E-state index contributed by atoms with van der Waals surface area (Å²) in [5, 5.41) is 14.6. The Hall–Kier alpha value is -2.07. The molecule has 1 aromatic rings. The molecule has 0 radical (unpaired) electrons. The van der Waals surface area contributed by atoms with E-state index < -0.39 is 35.9 Å². The summed E-state index contributed by atoms with van der Waals surface area (Å²) in [6.07, 6.45) is 6.20. The molecule has 1 rings (SSSR count). The number of carboxylic acid groups (broad SMARTS) is 1. The largest absolute Gasteiger partial charge is 0.480 e. The zero-order chi connectivity index (χ0) is 20.4. The van der Waals surface area contributed by atoms with Gasteiger partial charge in [0.15, 0.2) is 0 Å². The molecule has 0 aliphatic rings. The fourth-order valence-electron chi connectivity index (χ4n) is 2.45. The first-order valence-corrected chi connectivity index (χ1v) is 10.2. The number of nitrogens with zero attached hydrogens (tertiary/aromatic N) is 1. The molecule has 1 aromatic heterocycles. The van der Waals surface area contributed by atoms with Gasteiger partial charge in [0.05, 0.1) is 12.4 Å². The molecule has 0 saturated carbocycles. The monoisotopic (exact) mass is 399 g/mol. The Labute approximate surface area is 163 Å². The van der Waals surface area contributed by atoms with E-state index in [0.29, 0.717) is 24.3 Å². The highest BCUT2D eigenvalue weighted by Crippen LogP contribution is 2.10. The van der Waals surface area contributed by atoms with E-state index in [0.717, 1.165) is 0 Å². The Morgan fingerprint density at radius 3 is 2.56 bits per heavy atom.